The van der Waals surface area contributed by atoms with Crippen LogP contribution in [0, 0.1) is 17.1 Å². The maximum absolute atomic E-state index is 13.5. The predicted octanol–water partition coefficient (Wildman–Crippen LogP) is 3.71. The van der Waals surface area contributed by atoms with Crippen LogP contribution in [-0.4, -0.2) is 49.7 Å². The topological polar surface area (TPSA) is 81.5 Å². The number of carbonyl (C=O) groups excluding carboxylic acids is 1. The summed E-state index contributed by atoms with van der Waals surface area (Å²) in [7, 11) is -3.71. The maximum atomic E-state index is 13.5. The van der Waals surface area contributed by atoms with Gasteiger partial charge in [0.1, 0.15) is 10.7 Å². The normalized spacial score (nSPS) is 15.3. The second kappa shape index (κ2) is 7.96. The number of nitrogens with zero attached hydrogens (tertiary/aromatic N) is 3. The van der Waals surface area contributed by atoms with E-state index in [0.717, 1.165) is 11.3 Å². The van der Waals surface area contributed by atoms with Crippen molar-refractivity contribution in [1.82, 2.24) is 9.21 Å². The Morgan fingerprint density at radius 1 is 1.10 bits per heavy atom. The van der Waals surface area contributed by atoms with E-state index in [4.69, 9.17) is 16.9 Å². The molecule has 0 radical (unpaired) electrons. The largest absolute Gasteiger partial charge is 0.335 e. The molecule has 154 valence electrons. The molecule has 3 aromatic rings. The molecule has 1 amide bonds. The van der Waals surface area contributed by atoms with E-state index in [2.05, 4.69) is 0 Å². The summed E-state index contributed by atoms with van der Waals surface area (Å²) in [6.45, 7) is 0.719. The molecule has 4 rings (SSSR count). The van der Waals surface area contributed by atoms with E-state index in [-0.39, 0.29) is 42.0 Å². The number of carbonyl (C=O) groups is 1. The van der Waals surface area contributed by atoms with Crippen molar-refractivity contribution in [3.05, 3.63) is 63.7 Å². The SMILES string of the molecule is N#Cc1ccc(S(=O)(=O)N2CCN(C(=O)c3sc4cc(F)ccc4c3Cl)CC2)cc1. The van der Waals surface area contributed by atoms with Crippen LogP contribution >= 0.6 is 22.9 Å². The average molecular weight is 464 g/mol. The first-order valence-corrected chi connectivity index (χ1v) is 11.6. The summed E-state index contributed by atoms with van der Waals surface area (Å²) < 4.78 is 41.0. The van der Waals surface area contributed by atoms with E-state index < -0.39 is 15.8 Å². The summed E-state index contributed by atoms with van der Waals surface area (Å²) in [6.07, 6.45) is 0. The van der Waals surface area contributed by atoms with Crippen LogP contribution in [0.3, 0.4) is 0 Å². The van der Waals surface area contributed by atoms with Crippen LogP contribution in [0.15, 0.2) is 47.4 Å². The van der Waals surface area contributed by atoms with Crippen molar-refractivity contribution in [2.75, 3.05) is 26.2 Å². The number of thiophene rings is 1. The van der Waals surface area contributed by atoms with E-state index in [1.807, 2.05) is 6.07 Å². The fraction of sp³-hybridized carbons (Fsp3) is 0.200. The molecule has 1 saturated heterocycles. The zero-order chi connectivity index (χ0) is 21.5. The molecule has 6 nitrogen and oxygen atoms in total. The molecule has 0 bridgehead atoms. The first-order chi connectivity index (χ1) is 14.3. The van der Waals surface area contributed by atoms with Crippen LogP contribution in [0.1, 0.15) is 15.2 Å². The van der Waals surface area contributed by atoms with Crippen molar-refractivity contribution in [1.29, 1.82) is 5.26 Å². The first kappa shape index (κ1) is 20.8. The minimum Gasteiger partial charge on any atom is -0.335 e. The fourth-order valence-electron chi connectivity index (χ4n) is 3.30. The summed E-state index contributed by atoms with van der Waals surface area (Å²) in [6, 6.07) is 11.9. The molecule has 0 unspecified atom stereocenters. The first-order valence-electron chi connectivity index (χ1n) is 8.98. The number of hydrogen-bond donors (Lipinski definition) is 0. The Hall–Kier alpha value is -2.51. The molecule has 1 fully saturated rings. The zero-order valence-corrected chi connectivity index (χ0v) is 17.9. The molecule has 2 heterocycles. The quantitative estimate of drug-likeness (QED) is 0.593. The summed E-state index contributed by atoms with van der Waals surface area (Å²) in [5.41, 5.74) is 0.379. The van der Waals surface area contributed by atoms with Gasteiger partial charge in [-0.2, -0.15) is 9.57 Å². The Bertz CT molecular complexity index is 1280. The van der Waals surface area contributed by atoms with Gasteiger partial charge in [-0.15, -0.1) is 11.3 Å². The summed E-state index contributed by atoms with van der Waals surface area (Å²) in [5, 5.41) is 9.76. The number of sulfonamides is 1. The molecule has 0 aliphatic carbocycles. The van der Waals surface area contributed by atoms with Gasteiger partial charge in [0.2, 0.25) is 10.0 Å². The minimum absolute atomic E-state index is 0.107. The van der Waals surface area contributed by atoms with Crippen molar-refractivity contribution in [2.24, 2.45) is 0 Å². The van der Waals surface area contributed by atoms with Gasteiger partial charge in [-0.3, -0.25) is 4.79 Å². The molecule has 30 heavy (non-hydrogen) atoms. The van der Waals surface area contributed by atoms with Gasteiger partial charge in [0.05, 0.1) is 21.6 Å². The highest BCUT2D eigenvalue weighted by atomic mass is 35.5. The molecule has 10 heteroatoms. The lowest BCUT2D eigenvalue weighted by molar-refractivity contribution is 0.0703. The average Bonchev–Trinajstić information content (AvgIpc) is 3.08. The second-order valence-corrected chi connectivity index (χ2v) is 10.1. The lowest BCUT2D eigenvalue weighted by Crippen LogP contribution is -2.50. The molecule has 0 atom stereocenters. The van der Waals surface area contributed by atoms with Gasteiger partial charge in [-0.1, -0.05) is 11.6 Å². The third-order valence-electron chi connectivity index (χ3n) is 4.93. The van der Waals surface area contributed by atoms with Crippen LogP contribution in [0.2, 0.25) is 5.02 Å². The Balaban J connectivity index is 1.49. The smallest absolute Gasteiger partial charge is 0.265 e. The fourth-order valence-corrected chi connectivity index (χ4v) is 6.23. The standard InChI is InChI=1S/C20H15ClFN3O3S2/c21-18-16-6-3-14(22)11-17(16)29-19(18)20(26)24-7-9-25(10-8-24)30(27,28)15-4-1-13(12-23)2-5-15/h1-6,11H,7-10H2. The number of hydrogen-bond acceptors (Lipinski definition) is 5. The molecule has 1 aliphatic rings. The Morgan fingerprint density at radius 2 is 1.77 bits per heavy atom. The number of piperazine rings is 1. The van der Waals surface area contributed by atoms with Crippen molar-refractivity contribution in [3.63, 3.8) is 0 Å². The van der Waals surface area contributed by atoms with Gasteiger partial charge in [0, 0.05) is 36.3 Å². The van der Waals surface area contributed by atoms with Gasteiger partial charge in [0.15, 0.2) is 0 Å². The Kier molecular flexibility index (Phi) is 5.51. The third kappa shape index (κ3) is 3.68. The van der Waals surface area contributed by atoms with Crippen LogP contribution in [0.4, 0.5) is 4.39 Å². The molecular formula is C20H15ClFN3O3S2. The number of benzene rings is 2. The molecular weight excluding hydrogens is 449 g/mol. The van der Waals surface area contributed by atoms with Gasteiger partial charge in [0.25, 0.3) is 5.91 Å². The highest BCUT2D eigenvalue weighted by Gasteiger charge is 2.31. The van der Waals surface area contributed by atoms with Crippen LogP contribution in [0.25, 0.3) is 10.1 Å². The monoisotopic (exact) mass is 463 g/mol. The lowest BCUT2D eigenvalue weighted by Gasteiger charge is -2.33. The predicted molar refractivity (Wildman–Crippen MR) is 113 cm³/mol. The van der Waals surface area contributed by atoms with E-state index >= 15 is 0 Å². The third-order valence-corrected chi connectivity index (χ3v) is 8.49. The van der Waals surface area contributed by atoms with Gasteiger partial charge in [-0.05, 0) is 42.5 Å². The lowest BCUT2D eigenvalue weighted by atomic mass is 10.2. The molecule has 2 aromatic carbocycles. The van der Waals surface area contributed by atoms with Gasteiger partial charge < -0.3 is 4.90 Å². The van der Waals surface area contributed by atoms with Gasteiger partial charge in [-0.25, -0.2) is 12.8 Å². The number of rotatable bonds is 3. The van der Waals surface area contributed by atoms with Crippen molar-refractivity contribution in [2.45, 2.75) is 4.90 Å². The van der Waals surface area contributed by atoms with E-state index in [9.17, 15) is 17.6 Å². The molecule has 1 aliphatic heterocycles. The molecule has 1 aromatic heterocycles. The highest BCUT2D eigenvalue weighted by Crippen LogP contribution is 2.36. The highest BCUT2D eigenvalue weighted by molar-refractivity contribution is 7.89. The van der Waals surface area contributed by atoms with Crippen LogP contribution in [-0.2, 0) is 10.0 Å². The maximum Gasteiger partial charge on any atom is 0.265 e. The second-order valence-electron chi connectivity index (χ2n) is 6.72. The molecule has 0 spiro atoms. The number of halogens is 2. The van der Waals surface area contributed by atoms with Crippen LogP contribution < -0.4 is 0 Å². The Labute approximate surface area is 181 Å². The summed E-state index contributed by atoms with van der Waals surface area (Å²) >= 11 is 7.47. The van der Waals surface area contributed by atoms with Crippen molar-refractivity contribution >= 4 is 49.0 Å². The van der Waals surface area contributed by atoms with E-state index in [1.165, 1.54) is 40.7 Å². The zero-order valence-electron chi connectivity index (χ0n) is 15.5. The Morgan fingerprint density at radius 3 is 2.40 bits per heavy atom. The number of amides is 1. The van der Waals surface area contributed by atoms with E-state index in [0.29, 0.717) is 20.5 Å². The van der Waals surface area contributed by atoms with Crippen molar-refractivity contribution in [3.8, 4) is 6.07 Å². The summed E-state index contributed by atoms with van der Waals surface area (Å²) in [5.74, 6) is -0.696. The molecule has 0 saturated carbocycles. The van der Waals surface area contributed by atoms with E-state index in [1.54, 1.807) is 11.0 Å². The summed E-state index contributed by atoms with van der Waals surface area (Å²) in [4.78, 5) is 14.9. The van der Waals surface area contributed by atoms with Crippen molar-refractivity contribution < 1.29 is 17.6 Å². The number of fused-ring (bicyclic) bond motifs is 1. The van der Waals surface area contributed by atoms with Crippen LogP contribution in [0.5, 0.6) is 0 Å². The molecule has 0 N–H and O–H groups in total. The number of nitriles is 1. The minimum atomic E-state index is -3.71. The van der Waals surface area contributed by atoms with Gasteiger partial charge >= 0.3 is 0 Å².